The molecule has 1 unspecified atom stereocenters. The molecule has 1 rings (SSSR count). The van der Waals surface area contributed by atoms with Crippen LogP contribution in [0.1, 0.15) is 11.7 Å². The van der Waals surface area contributed by atoms with Gasteiger partial charge in [0.05, 0.1) is 6.10 Å². The Labute approximate surface area is 129 Å². The smallest absolute Gasteiger partial charge is 0.387 e. The van der Waals surface area contributed by atoms with Crippen molar-refractivity contribution in [1.29, 1.82) is 0 Å². The van der Waals surface area contributed by atoms with Crippen LogP contribution in [0, 0.1) is 0 Å². The molecule has 22 heavy (non-hydrogen) atoms. The van der Waals surface area contributed by atoms with Crippen LogP contribution in [0.3, 0.4) is 0 Å². The maximum atomic E-state index is 11.9. The Balaban J connectivity index is 2.43. The van der Waals surface area contributed by atoms with E-state index in [1.165, 1.54) is 17.1 Å². The van der Waals surface area contributed by atoms with Crippen LogP contribution in [0.4, 0.5) is 13.2 Å². The van der Waals surface area contributed by atoms with Crippen LogP contribution in [0.2, 0.25) is 0 Å². The topological polar surface area (TPSA) is 78.4 Å². The second-order valence-corrected chi connectivity index (χ2v) is 5.18. The van der Waals surface area contributed by atoms with Crippen molar-refractivity contribution in [3.8, 4) is 0 Å². The lowest BCUT2D eigenvalue weighted by molar-refractivity contribution is -0.146. The van der Waals surface area contributed by atoms with Gasteiger partial charge in [0, 0.05) is 11.4 Å². The van der Waals surface area contributed by atoms with Gasteiger partial charge in [-0.1, -0.05) is 12.1 Å². The molecule has 0 spiro atoms. The highest BCUT2D eigenvalue weighted by Crippen LogP contribution is 2.18. The number of nitrogens with one attached hydrogen (secondary N) is 2. The Morgan fingerprint density at radius 1 is 1.18 bits per heavy atom. The van der Waals surface area contributed by atoms with E-state index in [-0.39, 0.29) is 6.54 Å². The number of alkyl halides is 3. The first-order chi connectivity index (χ1) is 10.2. The van der Waals surface area contributed by atoms with Gasteiger partial charge in [0.15, 0.2) is 0 Å². The van der Waals surface area contributed by atoms with Gasteiger partial charge >= 0.3 is 18.0 Å². The first-order valence-corrected chi connectivity index (χ1v) is 7.40. The van der Waals surface area contributed by atoms with Crippen molar-refractivity contribution in [3.63, 3.8) is 0 Å². The SMILES string of the molecule is CSc1ccc(C(O)CNC(=O)C(=O)NCC(F)(F)F)cc1. The first kappa shape index (κ1) is 18.3. The standard InChI is InChI=1S/C13H15F3N2O3S/c1-22-9-4-2-8(3-5-9)10(19)6-17-11(20)12(21)18-7-13(14,15)16/h2-5,10,19H,6-7H2,1H3,(H,17,20)(H,18,21). The van der Waals surface area contributed by atoms with Gasteiger partial charge in [-0.25, -0.2) is 0 Å². The maximum absolute atomic E-state index is 11.9. The lowest BCUT2D eigenvalue weighted by atomic mass is 10.1. The molecule has 0 fully saturated rings. The van der Waals surface area contributed by atoms with Crippen molar-refractivity contribution in [2.45, 2.75) is 17.2 Å². The Hall–Kier alpha value is -1.74. The summed E-state index contributed by atoms with van der Waals surface area (Å²) in [5.41, 5.74) is 0.522. The number of rotatable bonds is 5. The predicted molar refractivity (Wildman–Crippen MR) is 75.3 cm³/mol. The molecule has 9 heteroatoms. The van der Waals surface area contributed by atoms with Gasteiger partial charge < -0.3 is 15.7 Å². The zero-order valence-corrected chi connectivity index (χ0v) is 12.4. The minimum Gasteiger partial charge on any atom is -0.387 e. The first-order valence-electron chi connectivity index (χ1n) is 6.17. The molecule has 1 aromatic carbocycles. The second-order valence-electron chi connectivity index (χ2n) is 4.30. The minimum absolute atomic E-state index is 0.281. The molecule has 0 aliphatic rings. The highest BCUT2D eigenvalue weighted by atomic mass is 32.2. The van der Waals surface area contributed by atoms with E-state index >= 15 is 0 Å². The maximum Gasteiger partial charge on any atom is 0.405 e. The fraction of sp³-hybridized carbons (Fsp3) is 0.385. The largest absolute Gasteiger partial charge is 0.405 e. The average molecular weight is 336 g/mol. The molecule has 0 aliphatic heterocycles. The summed E-state index contributed by atoms with van der Waals surface area (Å²) in [6.07, 6.45) is -3.75. The molecule has 0 heterocycles. The summed E-state index contributed by atoms with van der Waals surface area (Å²) in [7, 11) is 0. The van der Waals surface area contributed by atoms with Crippen LogP contribution in [-0.4, -0.2) is 42.4 Å². The molecule has 3 N–H and O–H groups in total. The van der Waals surface area contributed by atoms with Gasteiger partial charge in [-0.2, -0.15) is 13.2 Å². The normalized spacial score (nSPS) is 12.6. The molecule has 0 saturated carbocycles. The van der Waals surface area contributed by atoms with E-state index in [1.54, 1.807) is 24.3 Å². The van der Waals surface area contributed by atoms with E-state index in [4.69, 9.17) is 0 Å². The number of carbonyl (C=O) groups excluding carboxylic acids is 2. The Morgan fingerprint density at radius 3 is 2.23 bits per heavy atom. The lowest BCUT2D eigenvalue weighted by Gasteiger charge is -2.13. The summed E-state index contributed by atoms with van der Waals surface area (Å²) >= 11 is 1.52. The zero-order chi connectivity index (χ0) is 16.8. The number of amides is 2. The van der Waals surface area contributed by atoms with Crippen molar-refractivity contribution in [2.24, 2.45) is 0 Å². The number of hydrogen-bond acceptors (Lipinski definition) is 4. The molecule has 0 aromatic heterocycles. The Morgan fingerprint density at radius 2 is 1.73 bits per heavy atom. The van der Waals surface area contributed by atoms with E-state index in [0.717, 1.165) is 4.90 Å². The average Bonchev–Trinajstić information content (AvgIpc) is 2.49. The highest BCUT2D eigenvalue weighted by Gasteiger charge is 2.29. The third-order valence-corrected chi connectivity index (χ3v) is 3.36. The fourth-order valence-electron chi connectivity index (χ4n) is 1.47. The van der Waals surface area contributed by atoms with Crippen LogP contribution in [-0.2, 0) is 9.59 Å². The number of hydrogen-bond donors (Lipinski definition) is 3. The number of benzene rings is 1. The van der Waals surface area contributed by atoms with Gasteiger partial charge in [-0.15, -0.1) is 11.8 Å². The third kappa shape index (κ3) is 6.35. The molecule has 5 nitrogen and oxygen atoms in total. The number of aliphatic hydroxyl groups excluding tert-OH is 1. The molecule has 0 saturated heterocycles. The number of aliphatic hydroxyl groups is 1. The number of halogens is 3. The number of carbonyl (C=O) groups is 2. The highest BCUT2D eigenvalue weighted by molar-refractivity contribution is 7.98. The molecular weight excluding hydrogens is 321 g/mol. The molecule has 122 valence electrons. The predicted octanol–water partition coefficient (Wildman–Crippen LogP) is 1.24. The summed E-state index contributed by atoms with van der Waals surface area (Å²) < 4.78 is 35.7. The van der Waals surface area contributed by atoms with E-state index < -0.39 is 30.6 Å². The van der Waals surface area contributed by atoms with Gasteiger partial charge in [-0.05, 0) is 24.0 Å². The molecule has 0 bridgehead atoms. The Bertz CT molecular complexity index is 520. The van der Waals surface area contributed by atoms with Crippen molar-refractivity contribution < 1.29 is 27.9 Å². The summed E-state index contributed by atoms with van der Waals surface area (Å²) in [5, 5.41) is 13.4. The van der Waals surface area contributed by atoms with Crippen molar-refractivity contribution in [2.75, 3.05) is 19.3 Å². The molecular formula is C13H15F3N2O3S. The van der Waals surface area contributed by atoms with Crippen LogP contribution in [0.25, 0.3) is 0 Å². The second kappa shape index (κ2) is 8.04. The summed E-state index contributed by atoms with van der Waals surface area (Å²) in [5.74, 6) is -2.63. The Kier molecular flexibility index (Phi) is 6.69. The summed E-state index contributed by atoms with van der Waals surface area (Å²) in [6, 6.07) is 6.88. The van der Waals surface area contributed by atoms with Gasteiger partial charge in [0.2, 0.25) is 0 Å². The molecule has 1 aromatic rings. The van der Waals surface area contributed by atoms with Crippen molar-refractivity contribution >= 4 is 23.6 Å². The van der Waals surface area contributed by atoms with Crippen LogP contribution in [0.15, 0.2) is 29.2 Å². The van der Waals surface area contributed by atoms with E-state index in [9.17, 15) is 27.9 Å². The quantitative estimate of drug-likeness (QED) is 0.558. The van der Waals surface area contributed by atoms with E-state index in [0.29, 0.717) is 5.56 Å². The minimum atomic E-state index is -4.59. The number of thioether (sulfide) groups is 1. The van der Waals surface area contributed by atoms with Crippen molar-refractivity contribution in [3.05, 3.63) is 29.8 Å². The van der Waals surface area contributed by atoms with E-state index in [1.807, 2.05) is 6.26 Å². The lowest BCUT2D eigenvalue weighted by Crippen LogP contribution is -2.44. The molecule has 2 amide bonds. The van der Waals surface area contributed by atoms with Gasteiger partial charge in [0.1, 0.15) is 6.54 Å². The summed E-state index contributed by atoms with van der Waals surface area (Å²) in [6.45, 7) is -1.87. The van der Waals surface area contributed by atoms with Crippen LogP contribution in [0.5, 0.6) is 0 Å². The molecule has 1 atom stereocenters. The van der Waals surface area contributed by atoms with Crippen molar-refractivity contribution in [1.82, 2.24) is 10.6 Å². The van der Waals surface area contributed by atoms with Crippen LogP contribution >= 0.6 is 11.8 Å². The monoisotopic (exact) mass is 336 g/mol. The van der Waals surface area contributed by atoms with E-state index in [2.05, 4.69) is 5.32 Å². The van der Waals surface area contributed by atoms with Crippen LogP contribution < -0.4 is 10.6 Å². The van der Waals surface area contributed by atoms with Gasteiger partial charge in [-0.3, -0.25) is 9.59 Å². The molecule has 0 radical (unpaired) electrons. The zero-order valence-electron chi connectivity index (χ0n) is 11.6. The fourth-order valence-corrected chi connectivity index (χ4v) is 1.88. The third-order valence-electron chi connectivity index (χ3n) is 2.61. The van der Waals surface area contributed by atoms with Gasteiger partial charge in [0.25, 0.3) is 0 Å². The summed E-state index contributed by atoms with van der Waals surface area (Å²) in [4.78, 5) is 23.4. The molecule has 0 aliphatic carbocycles.